The van der Waals surface area contributed by atoms with Gasteiger partial charge in [-0.25, -0.2) is 4.98 Å². The maximum Gasteiger partial charge on any atom is 0.313 e. The van der Waals surface area contributed by atoms with E-state index in [0.717, 1.165) is 11.3 Å². The summed E-state index contributed by atoms with van der Waals surface area (Å²) < 4.78 is 13.3. The molecule has 0 spiro atoms. The second-order valence-electron chi connectivity index (χ2n) is 4.40. The zero-order chi connectivity index (χ0) is 15.2. The van der Waals surface area contributed by atoms with E-state index in [1.165, 1.54) is 11.8 Å². The van der Waals surface area contributed by atoms with Gasteiger partial charge in [-0.2, -0.15) is 0 Å². The number of aliphatic carboxylic acids is 1. The van der Waals surface area contributed by atoms with Crippen LogP contribution in [0.15, 0.2) is 41.7 Å². The van der Waals surface area contributed by atoms with Crippen LogP contribution >= 0.6 is 11.8 Å². The Kier molecular flexibility index (Phi) is 5.58. The van der Waals surface area contributed by atoms with E-state index in [9.17, 15) is 9.00 Å². The van der Waals surface area contributed by atoms with Gasteiger partial charge in [0.2, 0.25) is 0 Å². The van der Waals surface area contributed by atoms with Crippen LogP contribution in [0.5, 0.6) is 0 Å². The molecule has 1 unspecified atom stereocenters. The quantitative estimate of drug-likeness (QED) is 0.790. The molecule has 0 aliphatic heterocycles. The van der Waals surface area contributed by atoms with Crippen LogP contribution in [0.2, 0.25) is 0 Å². The van der Waals surface area contributed by atoms with Gasteiger partial charge in [0.1, 0.15) is 0 Å². The Morgan fingerprint density at radius 3 is 2.71 bits per heavy atom. The number of hydrogen-bond acceptors (Lipinski definition) is 4. The van der Waals surface area contributed by atoms with E-state index in [1.54, 1.807) is 12.5 Å². The normalized spacial score (nSPS) is 12.2. The molecule has 0 bridgehead atoms. The molecular weight excluding hydrogens is 308 g/mol. The summed E-state index contributed by atoms with van der Waals surface area (Å²) in [6.07, 6.45) is 3.39. The third kappa shape index (κ3) is 4.44. The number of aromatic nitrogens is 2. The standard InChI is InChI=1S/C14H16N2O3S2/c1-21(19)8-7-16-12(11-5-3-2-4-6-11)9-15-14(16)20-10-13(17)18/h2-6,9H,7-8,10H2,1H3,(H,17,18). The summed E-state index contributed by atoms with van der Waals surface area (Å²) in [6.45, 7) is 0.551. The second kappa shape index (κ2) is 7.42. The Morgan fingerprint density at radius 2 is 2.10 bits per heavy atom. The second-order valence-corrected chi connectivity index (χ2v) is 6.90. The number of carboxylic acid groups (broad SMARTS) is 1. The van der Waals surface area contributed by atoms with Crippen molar-refractivity contribution in [2.45, 2.75) is 11.7 Å². The van der Waals surface area contributed by atoms with Crippen LogP contribution < -0.4 is 0 Å². The fraction of sp³-hybridized carbons (Fsp3) is 0.286. The van der Waals surface area contributed by atoms with Gasteiger partial charge in [0.25, 0.3) is 0 Å². The van der Waals surface area contributed by atoms with Crippen molar-refractivity contribution >= 4 is 28.5 Å². The summed E-state index contributed by atoms with van der Waals surface area (Å²) in [5.74, 6) is -0.410. The molecule has 0 aliphatic rings. The van der Waals surface area contributed by atoms with Crippen LogP contribution in [0.25, 0.3) is 11.3 Å². The minimum Gasteiger partial charge on any atom is -0.481 e. The number of benzene rings is 1. The molecule has 0 saturated carbocycles. The Labute approximate surface area is 129 Å². The van der Waals surface area contributed by atoms with E-state index in [2.05, 4.69) is 4.98 Å². The molecule has 0 radical (unpaired) electrons. The van der Waals surface area contributed by atoms with Gasteiger partial charge in [-0.1, -0.05) is 42.1 Å². The van der Waals surface area contributed by atoms with E-state index >= 15 is 0 Å². The molecule has 0 saturated heterocycles. The van der Waals surface area contributed by atoms with Gasteiger partial charge in [0.05, 0.1) is 17.6 Å². The maximum absolute atomic E-state index is 11.3. The summed E-state index contributed by atoms with van der Waals surface area (Å²) in [4.78, 5) is 15.0. The zero-order valence-corrected chi connectivity index (χ0v) is 13.2. The van der Waals surface area contributed by atoms with Crippen molar-refractivity contribution in [1.82, 2.24) is 9.55 Å². The van der Waals surface area contributed by atoms with Crippen molar-refractivity contribution in [1.29, 1.82) is 0 Å². The lowest BCUT2D eigenvalue weighted by molar-refractivity contribution is -0.133. The lowest BCUT2D eigenvalue weighted by Gasteiger charge is -2.10. The molecule has 0 amide bonds. The first-order valence-corrected chi connectivity index (χ1v) is 9.05. The molecular formula is C14H16N2O3S2. The first-order valence-electron chi connectivity index (χ1n) is 6.33. The third-order valence-electron chi connectivity index (χ3n) is 2.82. The summed E-state index contributed by atoms with van der Waals surface area (Å²) >= 11 is 1.18. The van der Waals surface area contributed by atoms with Crippen LogP contribution in [0.4, 0.5) is 0 Å². The van der Waals surface area contributed by atoms with Crippen molar-refractivity contribution in [3.05, 3.63) is 36.5 Å². The predicted molar refractivity (Wildman–Crippen MR) is 85.0 cm³/mol. The summed E-state index contributed by atoms with van der Waals surface area (Å²) in [7, 11) is -0.910. The Bertz CT molecular complexity index is 641. The van der Waals surface area contributed by atoms with E-state index in [1.807, 2.05) is 34.9 Å². The minimum absolute atomic E-state index is 0.0412. The summed E-state index contributed by atoms with van der Waals surface area (Å²) in [6, 6.07) is 9.76. The van der Waals surface area contributed by atoms with Crippen LogP contribution in [-0.4, -0.2) is 42.6 Å². The molecule has 21 heavy (non-hydrogen) atoms. The molecule has 112 valence electrons. The highest BCUT2D eigenvalue weighted by molar-refractivity contribution is 7.99. The van der Waals surface area contributed by atoms with Gasteiger partial charge >= 0.3 is 5.97 Å². The summed E-state index contributed by atoms with van der Waals surface area (Å²) in [5.41, 5.74) is 1.92. The molecule has 0 fully saturated rings. The van der Waals surface area contributed by atoms with Gasteiger partial charge in [0, 0.05) is 29.4 Å². The molecule has 5 nitrogen and oxygen atoms in total. The third-order valence-corrected chi connectivity index (χ3v) is 4.55. The Morgan fingerprint density at radius 1 is 1.38 bits per heavy atom. The van der Waals surface area contributed by atoms with Crippen molar-refractivity contribution in [2.75, 3.05) is 17.8 Å². The highest BCUT2D eigenvalue weighted by atomic mass is 32.2. The predicted octanol–water partition coefficient (Wildman–Crippen LogP) is 2.11. The lowest BCUT2D eigenvalue weighted by atomic mass is 10.2. The highest BCUT2D eigenvalue weighted by Crippen LogP contribution is 2.26. The van der Waals surface area contributed by atoms with E-state index in [4.69, 9.17) is 5.11 Å². The minimum atomic E-state index is -0.910. The molecule has 2 aromatic rings. The number of thioether (sulfide) groups is 1. The topological polar surface area (TPSA) is 72.2 Å². The molecule has 7 heteroatoms. The number of carboxylic acids is 1. The average Bonchev–Trinajstić information content (AvgIpc) is 2.86. The van der Waals surface area contributed by atoms with E-state index in [-0.39, 0.29) is 5.75 Å². The monoisotopic (exact) mass is 324 g/mol. The molecule has 1 aromatic heterocycles. The van der Waals surface area contributed by atoms with E-state index in [0.29, 0.717) is 17.5 Å². The van der Waals surface area contributed by atoms with Gasteiger partial charge in [-0.05, 0) is 5.56 Å². The molecule has 1 heterocycles. The number of hydrogen-bond donors (Lipinski definition) is 1. The Balaban J connectivity index is 2.31. The van der Waals surface area contributed by atoms with Crippen molar-refractivity contribution in [2.24, 2.45) is 0 Å². The first kappa shape index (κ1) is 15.8. The van der Waals surface area contributed by atoms with Crippen molar-refractivity contribution in [3.63, 3.8) is 0 Å². The van der Waals surface area contributed by atoms with Gasteiger partial charge in [-0.15, -0.1) is 0 Å². The fourth-order valence-corrected chi connectivity index (χ4v) is 3.04. The van der Waals surface area contributed by atoms with Crippen LogP contribution in [-0.2, 0) is 22.1 Å². The van der Waals surface area contributed by atoms with Gasteiger partial charge < -0.3 is 9.67 Å². The van der Waals surface area contributed by atoms with E-state index < -0.39 is 16.8 Å². The largest absolute Gasteiger partial charge is 0.481 e. The number of rotatable bonds is 7. The maximum atomic E-state index is 11.3. The number of carbonyl (C=O) groups is 1. The average molecular weight is 324 g/mol. The number of nitrogens with zero attached hydrogens (tertiary/aromatic N) is 2. The molecule has 1 atom stereocenters. The summed E-state index contributed by atoms with van der Waals surface area (Å²) in [5, 5.41) is 9.44. The van der Waals surface area contributed by atoms with Gasteiger partial charge in [-0.3, -0.25) is 9.00 Å². The lowest BCUT2D eigenvalue weighted by Crippen LogP contribution is -2.10. The van der Waals surface area contributed by atoms with Crippen molar-refractivity contribution in [3.8, 4) is 11.3 Å². The molecule has 1 N–H and O–H groups in total. The van der Waals surface area contributed by atoms with Crippen LogP contribution in [0, 0.1) is 0 Å². The molecule has 0 aliphatic carbocycles. The van der Waals surface area contributed by atoms with Crippen LogP contribution in [0.1, 0.15) is 0 Å². The Hall–Kier alpha value is -1.60. The molecule has 1 aromatic carbocycles. The van der Waals surface area contributed by atoms with Gasteiger partial charge in [0.15, 0.2) is 5.16 Å². The first-order chi connectivity index (χ1) is 10.1. The number of imidazole rings is 1. The zero-order valence-electron chi connectivity index (χ0n) is 11.6. The smallest absolute Gasteiger partial charge is 0.313 e. The molecule has 2 rings (SSSR count). The highest BCUT2D eigenvalue weighted by Gasteiger charge is 2.13. The fourth-order valence-electron chi connectivity index (χ4n) is 1.88. The van der Waals surface area contributed by atoms with Crippen LogP contribution in [0.3, 0.4) is 0 Å². The SMILES string of the molecule is CS(=O)CCn1c(-c2ccccc2)cnc1SCC(=O)O. The van der Waals surface area contributed by atoms with Crippen molar-refractivity contribution < 1.29 is 14.1 Å².